The van der Waals surface area contributed by atoms with Gasteiger partial charge in [0.25, 0.3) is 0 Å². The summed E-state index contributed by atoms with van der Waals surface area (Å²) >= 11 is 8.05. The zero-order valence-electron chi connectivity index (χ0n) is 12.4. The van der Waals surface area contributed by atoms with Crippen molar-refractivity contribution in [3.63, 3.8) is 0 Å². The van der Waals surface area contributed by atoms with Crippen molar-refractivity contribution >= 4 is 22.9 Å². The van der Waals surface area contributed by atoms with E-state index in [9.17, 15) is 0 Å². The van der Waals surface area contributed by atoms with Crippen molar-refractivity contribution in [1.29, 1.82) is 0 Å². The first-order chi connectivity index (χ1) is 9.52. The Balaban J connectivity index is 2.30. The van der Waals surface area contributed by atoms with Crippen LogP contribution in [0.4, 0.5) is 0 Å². The molecule has 0 aliphatic rings. The number of rotatable bonds is 6. The lowest BCUT2D eigenvalue weighted by Gasteiger charge is -2.21. The standard InChI is InChI=1S/C14H21ClN4S/c1-5-16-12(6-13-18-10(4)8-20-13)14-11(15)7-17-19(14)9(2)3/h7-9,12,16H,5-6H2,1-4H3. The topological polar surface area (TPSA) is 42.7 Å². The van der Waals surface area contributed by atoms with Crippen LogP contribution >= 0.6 is 22.9 Å². The highest BCUT2D eigenvalue weighted by Gasteiger charge is 2.22. The predicted octanol–water partition coefficient (Wildman–Crippen LogP) is 3.78. The van der Waals surface area contributed by atoms with Crippen LogP contribution in [0.5, 0.6) is 0 Å². The van der Waals surface area contributed by atoms with Crippen LogP contribution in [0.25, 0.3) is 0 Å². The van der Waals surface area contributed by atoms with E-state index in [-0.39, 0.29) is 12.1 Å². The molecule has 1 N–H and O–H groups in total. The Labute approximate surface area is 129 Å². The maximum atomic E-state index is 6.35. The molecule has 0 saturated carbocycles. The lowest BCUT2D eigenvalue weighted by Crippen LogP contribution is -2.26. The number of nitrogens with zero attached hydrogens (tertiary/aromatic N) is 3. The molecule has 0 fully saturated rings. The maximum absolute atomic E-state index is 6.35. The highest BCUT2D eigenvalue weighted by Crippen LogP contribution is 2.28. The summed E-state index contributed by atoms with van der Waals surface area (Å²) in [5.74, 6) is 0. The second-order valence-corrected chi connectivity index (χ2v) is 6.46. The number of hydrogen-bond acceptors (Lipinski definition) is 4. The molecule has 2 aromatic heterocycles. The normalized spacial score (nSPS) is 13.1. The summed E-state index contributed by atoms with van der Waals surface area (Å²) in [6.45, 7) is 9.24. The lowest BCUT2D eigenvalue weighted by atomic mass is 10.1. The Hall–Kier alpha value is -0.910. The third kappa shape index (κ3) is 3.40. The SMILES string of the molecule is CCNC(Cc1nc(C)cs1)c1c(Cl)cnn1C(C)C. The average molecular weight is 313 g/mol. The number of hydrogen-bond donors (Lipinski definition) is 1. The molecule has 6 heteroatoms. The van der Waals surface area contributed by atoms with E-state index in [2.05, 4.69) is 41.6 Å². The van der Waals surface area contributed by atoms with Gasteiger partial charge in [0.1, 0.15) is 0 Å². The van der Waals surface area contributed by atoms with Crippen molar-refractivity contribution in [3.05, 3.63) is 33.0 Å². The number of aromatic nitrogens is 3. The molecule has 4 nitrogen and oxygen atoms in total. The van der Waals surface area contributed by atoms with Crippen LogP contribution in [-0.4, -0.2) is 21.3 Å². The highest BCUT2D eigenvalue weighted by molar-refractivity contribution is 7.09. The minimum absolute atomic E-state index is 0.142. The summed E-state index contributed by atoms with van der Waals surface area (Å²) in [7, 11) is 0. The zero-order chi connectivity index (χ0) is 14.7. The van der Waals surface area contributed by atoms with E-state index in [4.69, 9.17) is 11.6 Å². The van der Waals surface area contributed by atoms with E-state index in [1.807, 2.05) is 11.6 Å². The molecule has 20 heavy (non-hydrogen) atoms. The molecule has 0 bridgehead atoms. The molecule has 1 atom stereocenters. The molecule has 0 aliphatic heterocycles. The molecule has 0 radical (unpaired) electrons. The predicted molar refractivity (Wildman–Crippen MR) is 84.6 cm³/mol. The van der Waals surface area contributed by atoms with Crippen molar-refractivity contribution in [1.82, 2.24) is 20.1 Å². The minimum atomic E-state index is 0.142. The van der Waals surface area contributed by atoms with Gasteiger partial charge in [-0.2, -0.15) is 5.10 Å². The fourth-order valence-electron chi connectivity index (χ4n) is 2.27. The quantitative estimate of drug-likeness (QED) is 0.882. The van der Waals surface area contributed by atoms with Crippen molar-refractivity contribution < 1.29 is 0 Å². The van der Waals surface area contributed by atoms with Gasteiger partial charge in [0.05, 0.1) is 28.0 Å². The van der Waals surface area contributed by atoms with Crippen molar-refractivity contribution in [2.24, 2.45) is 0 Å². The van der Waals surface area contributed by atoms with Crippen LogP contribution in [0.3, 0.4) is 0 Å². The Morgan fingerprint density at radius 1 is 1.45 bits per heavy atom. The van der Waals surface area contributed by atoms with Crippen molar-refractivity contribution in [2.75, 3.05) is 6.54 Å². The minimum Gasteiger partial charge on any atom is -0.309 e. The molecule has 110 valence electrons. The number of thiazole rings is 1. The second-order valence-electron chi connectivity index (χ2n) is 5.11. The average Bonchev–Trinajstić information content (AvgIpc) is 2.95. The fraction of sp³-hybridized carbons (Fsp3) is 0.571. The summed E-state index contributed by atoms with van der Waals surface area (Å²) in [4.78, 5) is 4.55. The number of aryl methyl sites for hydroxylation is 1. The Morgan fingerprint density at radius 2 is 2.20 bits per heavy atom. The van der Waals surface area contributed by atoms with Gasteiger partial charge in [-0.05, 0) is 27.3 Å². The maximum Gasteiger partial charge on any atom is 0.0947 e. The van der Waals surface area contributed by atoms with Crippen LogP contribution in [0, 0.1) is 6.92 Å². The summed E-state index contributed by atoms with van der Waals surface area (Å²) in [6, 6.07) is 0.430. The summed E-state index contributed by atoms with van der Waals surface area (Å²) in [6.07, 6.45) is 2.57. The van der Waals surface area contributed by atoms with E-state index < -0.39 is 0 Å². The van der Waals surface area contributed by atoms with Gasteiger partial charge in [0.15, 0.2) is 0 Å². The number of likely N-dealkylation sites (N-methyl/N-ethyl adjacent to an activating group) is 1. The fourth-order valence-corrected chi connectivity index (χ4v) is 3.35. The second kappa shape index (κ2) is 6.70. The molecule has 2 rings (SSSR count). The molecule has 0 aliphatic carbocycles. The van der Waals surface area contributed by atoms with E-state index in [1.54, 1.807) is 17.5 Å². The van der Waals surface area contributed by atoms with Crippen LogP contribution in [0.2, 0.25) is 5.02 Å². The number of nitrogens with one attached hydrogen (secondary N) is 1. The van der Waals surface area contributed by atoms with Gasteiger partial charge in [-0.15, -0.1) is 11.3 Å². The summed E-state index contributed by atoms with van der Waals surface area (Å²) < 4.78 is 2.00. The first-order valence-corrected chi connectivity index (χ1v) is 8.16. The van der Waals surface area contributed by atoms with Crippen LogP contribution in [0.15, 0.2) is 11.6 Å². The van der Waals surface area contributed by atoms with Gasteiger partial charge in [0.2, 0.25) is 0 Å². The number of halogens is 1. The first-order valence-electron chi connectivity index (χ1n) is 6.90. The molecule has 2 heterocycles. The van der Waals surface area contributed by atoms with Gasteiger partial charge in [-0.25, -0.2) is 4.98 Å². The Morgan fingerprint density at radius 3 is 2.75 bits per heavy atom. The largest absolute Gasteiger partial charge is 0.309 e. The molecule has 0 spiro atoms. The van der Waals surface area contributed by atoms with Crippen LogP contribution in [0.1, 0.15) is 49.3 Å². The van der Waals surface area contributed by atoms with Gasteiger partial charge >= 0.3 is 0 Å². The van der Waals surface area contributed by atoms with Gasteiger partial charge in [-0.3, -0.25) is 4.68 Å². The molecule has 1 unspecified atom stereocenters. The molecule has 2 aromatic rings. The molecule has 0 amide bonds. The van der Waals surface area contributed by atoms with Gasteiger partial charge < -0.3 is 5.32 Å². The van der Waals surface area contributed by atoms with Crippen molar-refractivity contribution in [3.8, 4) is 0 Å². The lowest BCUT2D eigenvalue weighted by molar-refractivity contribution is 0.447. The molecular weight excluding hydrogens is 292 g/mol. The van der Waals surface area contributed by atoms with Crippen LogP contribution < -0.4 is 5.32 Å². The first kappa shape index (κ1) is 15.5. The molecule has 0 aromatic carbocycles. The highest BCUT2D eigenvalue weighted by atomic mass is 35.5. The van der Waals surface area contributed by atoms with E-state index >= 15 is 0 Å². The van der Waals surface area contributed by atoms with E-state index in [0.29, 0.717) is 0 Å². The summed E-state index contributed by atoms with van der Waals surface area (Å²) in [5, 5.41) is 11.8. The monoisotopic (exact) mass is 312 g/mol. The Kier molecular flexibility index (Phi) is 5.18. The van der Waals surface area contributed by atoms with Crippen LogP contribution in [-0.2, 0) is 6.42 Å². The third-order valence-corrected chi connectivity index (χ3v) is 4.38. The Bertz CT molecular complexity index is 561. The smallest absolute Gasteiger partial charge is 0.0947 e. The third-order valence-electron chi connectivity index (χ3n) is 3.10. The van der Waals surface area contributed by atoms with E-state index in [1.165, 1.54) is 0 Å². The summed E-state index contributed by atoms with van der Waals surface area (Å²) in [5.41, 5.74) is 2.13. The molecule has 0 saturated heterocycles. The zero-order valence-corrected chi connectivity index (χ0v) is 13.9. The van der Waals surface area contributed by atoms with E-state index in [0.717, 1.165) is 34.4 Å². The molecular formula is C14H21ClN4S. The van der Waals surface area contributed by atoms with Gasteiger partial charge in [0, 0.05) is 23.5 Å². The van der Waals surface area contributed by atoms with Gasteiger partial charge in [-0.1, -0.05) is 18.5 Å². The van der Waals surface area contributed by atoms with Crippen molar-refractivity contribution in [2.45, 2.75) is 46.2 Å².